The highest BCUT2D eigenvalue weighted by Crippen LogP contribution is 2.36. The van der Waals surface area contributed by atoms with Crippen LogP contribution in [0.2, 0.25) is 0 Å². The highest BCUT2D eigenvalue weighted by atomic mass is 32.2. The summed E-state index contributed by atoms with van der Waals surface area (Å²) in [5.74, 6) is 0.575. The van der Waals surface area contributed by atoms with E-state index in [9.17, 15) is 13.2 Å². The van der Waals surface area contributed by atoms with Gasteiger partial charge >= 0.3 is 0 Å². The predicted molar refractivity (Wildman–Crippen MR) is 101 cm³/mol. The number of hydrogen-bond acceptors (Lipinski definition) is 4. The van der Waals surface area contributed by atoms with Crippen LogP contribution in [0, 0.1) is 5.92 Å². The van der Waals surface area contributed by atoms with E-state index in [1.807, 2.05) is 4.90 Å². The van der Waals surface area contributed by atoms with Gasteiger partial charge in [-0.3, -0.25) is 4.79 Å². The lowest BCUT2D eigenvalue weighted by molar-refractivity contribution is 0.0382. The second-order valence-electron chi connectivity index (χ2n) is 7.94. The molecule has 8 heteroatoms. The summed E-state index contributed by atoms with van der Waals surface area (Å²) in [5, 5.41) is 0. The Morgan fingerprint density at radius 2 is 1.78 bits per heavy atom. The lowest BCUT2D eigenvalue weighted by atomic mass is 9.78. The van der Waals surface area contributed by atoms with Crippen molar-refractivity contribution in [2.45, 2.75) is 49.5 Å². The maximum Gasteiger partial charge on any atom is 0.270 e. The summed E-state index contributed by atoms with van der Waals surface area (Å²) < 4.78 is 34.2. The highest BCUT2D eigenvalue weighted by Gasteiger charge is 2.37. The van der Waals surface area contributed by atoms with Gasteiger partial charge in [0.15, 0.2) is 0 Å². The first-order valence-electron chi connectivity index (χ1n) is 10.0. The fourth-order valence-corrected chi connectivity index (χ4v) is 6.33. The summed E-state index contributed by atoms with van der Waals surface area (Å²) in [7, 11) is -1.83. The number of morpholine rings is 1. The number of carbonyl (C=O) groups is 1. The van der Waals surface area contributed by atoms with Crippen LogP contribution in [-0.4, -0.2) is 67.0 Å². The SMILES string of the molecule is Cn1cc(S(=O)(=O)N2CCOCC2)cc1C(=O)N1CCC[C@H]2CCCC[C@H]21. The Morgan fingerprint density at radius 1 is 1.07 bits per heavy atom. The Hall–Kier alpha value is -1.38. The summed E-state index contributed by atoms with van der Waals surface area (Å²) in [6.07, 6.45) is 8.52. The zero-order valence-electron chi connectivity index (χ0n) is 16.0. The van der Waals surface area contributed by atoms with Crippen LogP contribution in [0.3, 0.4) is 0 Å². The number of aryl methyl sites for hydroxylation is 1. The Morgan fingerprint density at radius 3 is 2.56 bits per heavy atom. The summed E-state index contributed by atoms with van der Waals surface area (Å²) in [6.45, 7) is 2.31. The van der Waals surface area contributed by atoms with Gasteiger partial charge in [-0.2, -0.15) is 4.31 Å². The molecule has 0 radical (unpaired) electrons. The van der Waals surface area contributed by atoms with Crippen LogP contribution in [-0.2, 0) is 21.8 Å². The van der Waals surface area contributed by atoms with Crippen molar-refractivity contribution in [2.75, 3.05) is 32.8 Å². The van der Waals surface area contributed by atoms with Crippen molar-refractivity contribution in [3.63, 3.8) is 0 Å². The van der Waals surface area contributed by atoms with E-state index in [-0.39, 0.29) is 10.8 Å². The van der Waals surface area contributed by atoms with Gasteiger partial charge in [-0.05, 0) is 37.7 Å². The lowest BCUT2D eigenvalue weighted by Crippen LogP contribution is -2.50. The van der Waals surface area contributed by atoms with Gasteiger partial charge < -0.3 is 14.2 Å². The molecule has 0 bridgehead atoms. The Labute approximate surface area is 161 Å². The van der Waals surface area contributed by atoms with E-state index >= 15 is 0 Å². The van der Waals surface area contributed by atoms with Gasteiger partial charge in [0, 0.05) is 38.9 Å². The molecule has 1 amide bonds. The van der Waals surface area contributed by atoms with E-state index in [4.69, 9.17) is 4.74 Å². The first-order valence-corrected chi connectivity index (χ1v) is 11.5. The molecular weight excluding hydrogens is 366 g/mol. The van der Waals surface area contributed by atoms with E-state index in [0.717, 1.165) is 19.4 Å². The van der Waals surface area contributed by atoms with Crippen LogP contribution in [0.15, 0.2) is 17.2 Å². The largest absolute Gasteiger partial charge is 0.379 e. The van der Waals surface area contributed by atoms with Crippen LogP contribution < -0.4 is 0 Å². The summed E-state index contributed by atoms with van der Waals surface area (Å²) in [5.41, 5.74) is 0.466. The average molecular weight is 396 g/mol. The van der Waals surface area contributed by atoms with Crippen molar-refractivity contribution >= 4 is 15.9 Å². The summed E-state index contributed by atoms with van der Waals surface area (Å²) >= 11 is 0. The minimum Gasteiger partial charge on any atom is -0.379 e. The number of piperidine rings is 1. The molecule has 2 aliphatic heterocycles. The minimum absolute atomic E-state index is 0.0301. The van der Waals surface area contributed by atoms with Gasteiger partial charge in [-0.15, -0.1) is 0 Å². The van der Waals surface area contributed by atoms with E-state index in [1.165, 1.54) is 30.0 Å². The Balaban J connectivity index is 1.58. The number of sulfonamides is 1. The molecule has 1 aromatic rings. The Bertz CT molecular complexity index is 796. The first-order chi connectivity index (χ1) is 13.0. The van der Waals surface area contributed by atoms with Crippen molar-refractivity contribution in [2.24, 2.45) is 13.0 Å². The van der Waals surface area contributed by atoms with Gasteiger partial charge in [0.1, 0.15) is 10.6 Å². The topological polar surface area (TPSA) is 71.9 Å². The maximum atomic E-state index is 13.3. The molecule has 0 spiro atoms. The van der Waals surface area contributed by atoms with Crippen molar-refractivity contribution in [1.82, 2.24) is 13.8 Å². The van der Waals surface area contributed by atoms with E-state index in [1.54, 1.807) is 23.9 Å². The molecule has 4 rings (SSSR count). The fourth-order valence-electron chi connectivity index (χ4n) is 4.85. The van der Waals surface area contributed by atoms with Crippen molar-refractivity contribution in [3.8, 4) is 0 Å². The molecule has 3 heterocycles. The summed E-state index contributed by atoms with van der Waals surface area (Å²) in [6, 6.07) is 1.87. The fraction of sp³-hybridized carbons (Fsp3) is 0.737. The smallest absolute Gasteiger partial charge is 0.270 e. The number of likely N-dealkylation sites (tertiary alicyclic amines) is 1. The molecule has 1 aromatic heterocycles. The van der Waals surface area contributed by atoms with Crippen molar-refractivity contribution in [3.05, 3.63) is 18.0 Å². The molecular formula is C19H29N3O4S. The number of hydrogen-bond donors (Lipinski definition) is 0. The standard InChI is InChI=1S/C19H29N3O4S/c1-20-14-16(27(24,25)21-9-11-26-12-10-21)13-18(20)19(23)22-8-4-6-15-5-2-3-7-17(15)22/h13-15,17H,2-12H2,1H3/t15-,17-/m1/s1. The maximum absolute atomic E-state index is 13.3. The number of ether oxygens (including phenoxy) is 1. The van der Waals surface area contributed by atoms with Crippen LogP contribution in [0.4, 0.5) is 0 Å². The summed E-state index contributed by atoms with van der Waals surface area (Å²) in [4.78, 5) is 15.5. The van der Waals surface area contributed by atoms with Crippen LogP contribution in [0.25, 0.3) is 0 Å². The zero-order valence-corrected chi connectivity index (χ0v) is 16.8. The van der Waals surface area contributed by atoms with Gasteiger partial charge in [-0.25, -0.2) is 8.42 Å². The molecule has 0 N–H and O–H groups in total. The molecule has 1 aliphatic carbocycles. The van der Waals surface area contributed by atoms with E-state index in [0.29, 0.717) is 44.0 Å². The zero-order chi connectivity index (χ0) is 19.0. The third-order valence-electron chi connectivity index (χ3n) is 6.31. The quantitative estimate of drug-likeness (QED) is 0.783. The third-order valence-corrected chi connectivity index (χ3v) is 8.17. The second-order valence-corrected chi connectivity index (χ2v) is 9.88. The normalized spacial score (nSPS) is 27.4. The molecule has 7 nitrogen and oxygen atoms in total. The molecule has 0 aromatic carbocycles. The monoisotopic (exact) mass is 395 g/mol. The van der Waals surface area contributed by atoms with Gasteiger partial charge in [0.05, 0.1) is 13.2 Å². The molecule has 0 unspecified atom stereocenters. The second kappa shape index (κ2) is 7.56. The number of amides is 1. The highest BCUT2D eigenvalue weighted by molar-refractivity contribution is 7.89. The predicted octanol–water partition coefficient (Wildman–Crippen LogP) is 1.84. The van der Waals surface area contributed by atoms with Crippen molar-refractivity contribution < 1.29 is 17.9 Å². The molecule has 150 valence electrons. The molecule has 3 aliphatic rings. The molecule has 2 atom stereocenters. The van der Waals surface area contributed by atoms with Crippen LogP contribution in [0.5, 0.6) is 0 Å². The van der Waals surface area contributed by atoms with Gasteiger partial charge in [-0.1, -0.05) is 12.8 Å². The van der Waals surface area contributed by atoms with E-state index in [2.05, 4.69) is 0 Å². The van der Waals surface area contributed by atoms with Gasteiger partial charge in [0.2, 0.25) is 10.0 Å². The van der Waals surface area contributed by atoms with Gasteiger partial charge in [0.25, 0.3) is 5.91 Å². The molecule has 3 fully saturated rings. The minimum atomic E-state index is -3.59. The first kappa shape index (κ1) is 19.0. The Kier molecular flexibility index (Phi) is 5.31. The van der Waals surface area contributed by atoms with Crippen molar-refractivity contribution in [1.29, 1.82) is 0 Å². The third kappa shape index (κ3) is 3.54. The van der Waals surface area contributed by atoms with Crippen LogP contribution >= 0.6 is 0 Å². The molecule has 2 saturated heterocycles. The van der Waals surface area contributed by atoms with E-state index < -0.39 is 10.0 Å². The average Bonchev–Trinajstić information content (AvgIpc) is 3.10. The number of nitrogens with zero attached hydrogens (tertiary/aromatic N) is 3. The number of carbonyl (C=O) groups excluding carboxylic acids is 1. The number of aromatic nitrogens is 1. The van der Waals surface area contributed by atoms with Crippen LogP contribution in [0.1, 0.15) is 49.0 Å². The molecule has 27 heavy (non-hydrogen) atoms. The number of rotatable bonds is 3. The number of fused-ring (bicyclic) bond motifs is 1. The molecule has 1 saturated carbocycles. The lowest BCUT2D eigenvalue weighted by Gasteiger charge is -2.44.